The molecule has 0 aliphatic heterocycles. The van der Waals surface area contributed by atoms with Gasteiger partial charge >= 0.3 is 0 Å². The van der Waals surface area contributed by atoms with Gasteiger partial charge in [-0.1, -0.05) is 12.1 Å². The fourth-order valence-corrected chi connectivity index (χ4v) is 0.725. The van der Waals surface area contributed by atoms with Gasteiger partial charge in [0.1, 0.15) is 5.82 Å². The van der Waals surface area contributed by atoms with Gasteiger partial charge in [0, 0.05) is 0 Å². The van der Waals surface area contributed by atoms with Gasteiger partial charge < -0.3 is 5.32 Å². The summed E-state index contributed by atoms with van der Waals surface area (Å²) in [4.78, 5) is 20.4. The van der Waals surface area contributed by atoms with Crippen molar-refractivity contribution in [1.82, 2.24) is 0 Å². The largest absolute Gasteiger partial charge is 0.317 e. The quantitative estimate of drug-likeness (QED) is 0.526. The monoisotopic (exact) mass is 167 g/mol. The summed E-state index contributed by atoms with van der Waals surface area (Å²) >= 11 is 0. The number of anilines is 1. The van der Waals surface area contributed by atoms with E-state index in [1.54, 1.807) is 6.07 Å². The van der Waals surface area contributed by atoms with Gasteiger partial charge in [0.25, 0.3) is 5.91 Å². The Labute approximate surface area is 68.2 Å². The lowest BCUT2D eigenvalue weighted by Crippen LogP contribution is -2.13. The number of halogens is 1. The Balaban J connectivity index is 2.82. The Bertz CT molecular complexity index is 312. The average Bonchev–Trinajstić information content (AvgIpc) is 2.09. The molecular formula is C8H6FNO2. The van der Waals surface area contributed by atoms with Crippen LogP contribution in [0.1, 0.15) is 0 Å². The Kier molecular flexibility index (Phi) is 2.53. The first-order chi connectivity index (χ1) is 5.74. The molecule has 0 heterocycles. The molecule has 0 fully saturated rings. The molecule has 1 N–H and O–H groups in total. The summed E-state index contributed by atoms with van der Waals surface area (Å²) in [5.41, 5.74) is 0.00889. The van der Waals surface area contributed by atoms with Crippen LogP contribution < -0.4 is 5.32 Å². The van der Waals surface area contributed by atoms with Gasteiger partial charge in [0.05, 0.1) is 5.69 Å². The zero-order valence-electron chi connectivity index (χ0n) is 6.08. The second-order valence-corrected chi connectivity index (χ2v) is 2.09. The lowest BCUT2D eigenvalue weighted by Gasteiger charge is -2.00. The Morgan fingerprint density at radius 2 is 2.08 bits per heavy atom. The van der Waals surface area contributed by atoms with Crippen LogP contribution in [0.15, 0.2) is 24.3 Å². The summed E-state index contributed by atoms with van der Waals surface area (Å²) in [6.07, 6.45) is 0.0897. The first-order valence-corrected chi connectivity index (χ1v) is 3.24. The van der Waals surface area contributed by atoms with Crippen LogP contribution in [-0.2, 0) is 9.59 Å². The van der Waals surface area contributed by atoms with Crippen LogP contribution in [0, 0.1) is 5.82 Å². The maximum Gasteiger partial charge on any atom is 0.288 e. The summed E-state index contributed by atoms with van der Waals surface area (Å²) in [5, 5.41) is 2.08. The Morgan fingerprint density at radius 1 is 1.42 bits per heavy atom. The number of amides is 1. The van der Waals surface area contributed by atoms with E-state index in [1.165, 1.54) is 18.2 Å². The highest BCUT2D eigenvalue weighted by Gasteiger charge is 2.03. The fraction of sp³-hybridized carbons (Fsp3) is 0. The van der Waals surface area contributed by atoms with Gasteiger partial charge in [0.2, 0.25) is 6.29 Å². The van der Waals surface area contributed by atoms with Gasteiger partial charge in [-0.2, -0.15) is 0 Å². The van der Waals surface area contributed by atoms with E-state index in [-0.39, 0.29) is 12.0 Å². The molecule has 0 radical (unpaired) electrons. The molecule has 0 saturated heterocycles. The first kappa shape index (κ1) is 8.39. The van der Waals surface area contributed by atoms with Crippen molar-refractivity contribution < 1.29 is 14.0 Å². The van der Waals surface area contributed by atoms with Crippen LogP contribution in [0.4, 0.5) is 10.1 Å². The molecule has 1 aromatic rings. The smallest absolute Gasteiger partial charge is 0.288 e. The SMILES string of the molecule is O=CC(=O)Nc1ccccc1F. The van der Waals surface area contributed by atoms with Gasteiger partial charge in [-0.15, -0.1) is 0 Å². The fourth-order valence-electron chi connectivity index (χ4n) is 0.725. The molecule has 4 heteroatoms. The Morgan fingerprint density at radius 3 is 2.67 bits per heavy atom. The second kappa shape index (κ2) is 3.61. The number of para-hydroxylation sites is 1. The number of benzene rings is 1. The molecule has 0 atom stereocenters. The number of rotatable bonds is 2. The van der Waals surface area contributed by atoms with Gasteiger partial charge in [-0.05, 0) is 12.1 Å². The molecular weight excluding hydrogens is 161 g/mol. The van der Waals surface area contributed by atoms with Crippen molar-refractivity contribution in [2.75, 3.05) is 5.32 Å². The van der Waals surface area contributed by atoms with Crippen LogP contribution in [-0.4, -0.2) is 12.2 Å². The minimum absolute atomic E-state index is 0.00889. The molecule has 3 nitrogen and oxygen atoms in total. The van der Waals surface area contributed by atoms with E-state index in [2.05, 4.69) is 5.32 Å². The zero-order valence-corrected chi connectivity index (χ0v) is 6.08. The predicted octanol–water partition coefficient (Wildman–Crippen LogP) is 0.963. The molecule has 0 saturated carbocycles. The molecule has 12 heavy (non-hydrogen) atoms. The van der Waals surface area contributed by atoms with Crippen molar-refractivity contribution in [2.24, 2.45) is 0 Å². The van der Waals surface area contributed by atoms with E-state index in [1.807, 2.05) is 0 Å². The summed E-state index contributed by atoms with van der Waals surface area (Å²) in [5.74, 6) is -1.42. The molecule has 1 amide bonds. The predicted molar refractivity (Wildman–Crippen MR) is 41.1 cm³/mol. The van der Waals surface area contributed by atoms with Crippen molar-refractivity contribution >= 4 is 17.9 Å². The molecule has 0 aliphatic carbocycles. The second-order valence-electron chi connectivity index (χ2n) is 2.09. The average molecular weight is 167 g/mol. The summed E-state index contributed by atoms with van der Waals surface area (Å²) in [6, 6.07) is 5.62. The maximum absolute atomic E-state index is 12.8. The van der Waals surface area contributed by atoms with Crippen LogP contribution >= 0.6 is 0 Å². The molecule has 1 rings (SSSR count). The summed E-state index contributed by atoms with van der Waals surface area (Å²) in [7, 11) is 0. The number of carbonyl (C=O) groups excluding carboxylic acids is 2. The van der Waals surface area contributed by atoms with Crippen LogP contribution in [0.2, 0.25) is 0 Å². The molecule has 0 aromatic heterocycles. The topological polar surface area (TPSA) is 46.2 Å². The lowest BCUT2D eigenvalue weighted by atomic mass is 10.3. The third-order valence-corrected chi connectivity index (χ3v) is 1.24. The summed E-state index contributed by atoms with van der Waals surface area (Å²) < 4.78 is 12.8. The number of nitrogens with one attached hydrogen (secondary N) is 1. The Hall–Kier alpha value is -1.71. The van der Waals surface area contributed by atoms with E-state index in [0.717, 1.165) is 0 Å². The normalized spacial score (nSPS) is 9.08. The number of aldehydes is 1. The zero-order chi connectivity index (χ0) is 8.97. The molecule has 0 aliphatic rings. The highest BCUT2D eigenvalue weighted by molar-refractivity contribution is 6.29. The number of hydrogen-bond acceptors (Lipinski definition) is 2. The molecule has 0 unspecified atom stereocenters. The van der Waals surface area contributed by atoms with Gasteiger partial charge in [-0.25, -0.2) is 4.39 Å². The van der Waals surface area contributed by atoms with Gasteiger partial charge in [0.15, 0.2) is 0 Å². The molecule has 1 aromatic carbocycles. The first-order valence-electron chi connectivity index (χ1n) is 3.24. The lowest BCUT2D eigenvalue weighted by molar-refractivity contribution is -0.127. The number of hydrogen-bond donors (Lipinski definition) is 1. The van der Waals surface area contributed by atoms with E-state index in [9.17, 15) is 14.0 Å². The highest BCUT2D eigenvalue weighted by Crippen LogP contribution is 2.11. The van der Waals surface area contributed by atoms with Crippen molar-refractivity contribution in [3.63, 3.8) is 0 Å². The summed E-state index contributed by atoms with van der Waals surface area (Å²) in [6.45, 7) is 0. The maximum atomic E-state index is 12.8. The van der Waals surface area contributed by atoms with E-state index in [0.29, 0.717) is 0 Å². The number of carbonyl (C=O) groups is 2. The van der Waals surface area contributed by atoms with E-state index in [4.69, 9.17) is 0 Å². The molecule has 0 bridgehead atoms. The minimum Gasteiger partial charge on any atom is -0.317 e. The van der Waals surface area contributed by atoms with Crippen LogP contribution in [0.5, 0.6) is 0 Å². The molecule has 62 valence electrons. The van der Waals surface area contributed by atoms with E-state index < -0.39 is 11.7 Å². The van der Waals surface area contributed by atoms with Crippen LogP contribution in [0.25, 0.3) is 0 Å². The highest BCUT2D eigenvalue weighted by atomic mass is 19.1. The van der Waals surface area contributed by atoms with Crippen molar-refractivity contribution in [2.45, 2.75) is 0 Å². The van der Waals surface area contributed by atoms with Crippen molar-refractivity contribution in [1.29, 1.82) is 0 Å². The van der Waals surface area contributed by atoms with E-state index >= 15 is 0 Å². The third kappa shape index (κ3) is 1.88. The third-order valence-electron chi connectivity index (χ3n) is 1.24. The molecule has 0 spiro atoms. The van der Waals surface area contributed by atoms with Crippen molar-refractivity contribution in [3.05, 3.63) is 30.1 Å². The minimum atomic E-state index is -0.861. The standard InChI is InChI=1S/C8H6FNO2/c9-6-3-1-2-4-7(6)10-8(12)5-11/h1-5H,(H,10,12). The van der Waals surface area contributed by atoms with Crippen molar-refractivity contribution in [3.8, 4) is 0 Å². The van der Waals surface area contributed by atoms with Gasteiger partial charge in [-0.3, -0.25) is 9.59 Å². The van der Waals surface area contributed by atoms with Crippen LogP contribution in [0.3, 0.4) is 0 Å².